The number of rotatable bonds is 15. The standard InChI is InChI=1S/C32H52N4O5/c1-6-7-8-9-13-22-36(30(39)26(20-21-27(33)37)35-31(40)41-32(3,4)5)28(24-18-16-23(2)17-19-24)29(38)34-25-14-11-10-12-15-25/h16-19,25-26,28H,6-15,20-22H2,1-5H3,(H2,33,37)(H,34,38)(H,35,40). The molecule has 0 spiro atoms. The van der Waals surface area contributed by atoms with Gasteiger partial charge < -0.3 is 26.0 Å². The molecule has 1 fully saturated rings. The van der Waals surface area contributed by atoms with Crippen LogP contribution in [0.1, 0.15) is 122 Å². The fourth-order valence-electron chi connectivity index (χ4n) is 5.19. The molecule has 2 unspecified atom stereocenters. The Hall–Kier alpha value is -3.10. The van der Waals surface area contributed by atoms with Gasteiger partial charge >= 0.3 is 6.09 Å². The summed E-state index contributed by atoms with van der Waals surface area (Å²) in [6, 6.07) is 5.75. The Balaban J connectivity index is 2.45. The van der Waals surface area contributed by atoms with Crippen LogP contribution in [-0.4, -0.2) is 52.9 Å². The Kier molecular flexibility index (Phi) is 14.1. The van der Waals surface area contributed by atoms with Gasteiger partial charge in [-0.1, -0.05) is 81.7 Å². The zero-order chi connectivity index (χ0) is 30.4. The Morgan fingerprint density at radius 2 is 1.63 bits per heavy atom. The number of carbonyl (C=O) groups is 4. The topological polar surface area (TPSA) is 131 Å². The van der Waals surface area contributed by atoms with Crippen LogP contribution in [0.5, 0.6) is 0 Å². The van der Waals surface area contributed by atoms with Crippen LogP contribution in [-0.2, 0) is 19.1 Å². The molecule has 9 heteroatoms. The van der Waals surface area contributed by atoms with Crippen molar-refractivity contribution in [3.8, 4) is 0 Å². The molecule has 0 heterocycles. The van der Waals surface area contributed by atoms with Gasteiger partial charge in [-0.05, 0) is 58.9 Å². The summed E-state index contributed by atoms with van der Waals surface area (Å²) in [6.45, 7) is 9.66. The molecule has 1 saturated carbocycles. The van der Waals surface area contributed by atoms with Crippen LogP contribution in [0, 0.1) is 6.92 Å². The highest BCUT2D eigenvalue weighted by Gasteiger charge is 2.37. The number of aryl methyl sites for hydroxylation is 1. The zero-order valence-corrected chi connectivity index (χ0v) is 25.8. The van der Waals surface area contributed by atoms with Crippen molar-refractivity contribution >= 4 is 23.8 Å². The summed E-state index contributed by atoms with van der Waals surface area (Å²) >= 11 is 0. The Morgan fingerprint density at radius 1 is 1.00 bits per heavy atom. The largest absolute Gasteiger partial charge is 0.444 e. The van der Waals surface area contributed by atoms with Crippen molar-refractivity contribution in [3.63, 3.8) is 0 Å². The van der Waals surface area contributed by atoms with Crippen molar-refractivity contribution in [1.82, 2.24) is 15.5 Å². The van der Waals surface area contributed by atoms with Crippen LogP contribution < -0.4 is 16.4 Å². The van der Waals surface area contributed by atoms with E-state index in [2.05, 4.69) is 17.6 Å². The van der Waals surface area contributed by atoms with Crippen LogP contribution in [0.3, 0.4) is 0 Å². The molecule has 1 aliphatic rings. The Morgan fingerprint density at radius 3 is 2.22 bits per heavy atom. The molecule has 9 nitrogen and oxygen atoms in total. The van der Waals surface area contributed by atoms with E-state index in [1.54, 1.807) is 25.7 Å². The van der Waals surface area contributed by atoms with Crippen LogP contribution in [0.4, 0.5) is 4.79 Å². The number of hydrogen-bond acceptors (Lipinski definition) is 5. The number of carbonyl (C=O) groups excluding carboxylic acids is 4. The van der Waals surface area contributed by atoms with Gasteiger partial charge in [0.2, 0.25) is 17.7 Å². The van der Waals surface area contributed by atoms with E-state index in [9.17, 15) is 19.2 Å². The number of alkyl carbamates (subject to hydrolysis) is 1. The molecule has 0 radical (unpaired) electrons. The van der Waals surface area contributed by atoms with Crippen molar-refractivity contribution in [2.75, 3.05) is 6.54 Å². The van der Waals surface area contributed by atoms with E-state index >= 15 is 0 Å². The van der Waals surface area contributed by atoms with E-state index in [1.807, 2.05) is 31.2 Å². The van der Waals surface area contributed by atoms with Gasteiger partial charge in [-0.3, -0.25) is 14.4 Å². The molecule has 2 atom stereocenters. The molecule has 230 valence electrons. The molecule has 1 aromatic carbocycles. The fraction of sp³-hybridized carbons (Fsp3) is 0.688. The van der Waals surface area contributed by atoms with Gasteiger partial charge in [-0.15, -0.1) is 0 Å². The second kappa shape index (κ2) is 17.0. The van der Waals surface area contributed by atoms with Crippen molar-refractivity contribution in [3.05, 3.63) is 35.4 Å². The maximum Gasteiger partial charge on any atom is 0.408 e. The number of ether oxygens (including phenoxy) is 1. The molecular weight excluding hydrogens is 520 g/mol. The summed E-state index contributed by atoms with van der Waals surface area (Å²) < 4.78 is 5.42. The van der Waals surface area contributed by atoms with E-state index in [4.69, 9.17) is 10.5 Å². The van der Waals surface area contributed by atoms with Gasteiger partial charge in [0.05, 0.1) is 0 Å². The third kappa shape index (κ3) is 12.5. The van der Waals surface area contributed by atoms with Gasteiger partial charge in [0, 0.05) is 19.0 Å². The van der Waals surface area contributed by atoms with Gasteiger partial charge in [-0.2, -0.15) is 0 Å². The predicted molar refractivity (Wildman–Crippen MR) is 161 cm³/mol. The summed E-state index contributed by atoms with van der Waals surface area (Å²) in [4.78, 5) is 54.3. The van der Waals surface area contributed by atoms with E-state index in [0.717, 1.165) is 63.4 Å². The molecule has 0 bridgehead atoms. The van der Waals surface area contributed by atoms with Gasteiger partial charge in [0.25, 0.3) is 0 Å². The van der Waals surface area contributed by atoms with E-state index in [-0.39, 0.29) is 24.8 Å². The highest BCUT2D eigenvalue weighted by molar-refractivity contribution is 5.92. The number of nitrogens with two attached hydrogens (primary N) is 1. The van der Waals surface area contributed by atoms with Crippen molar-refractivity contribution in [1.29, 1.82) is 0 Å². The monoisotopic (exact) mass is 572 g/mol. The van der Waals surface area contributed by atoms with E-state index < -0.39 is 35.6 Å². The van der Waals surface area contributed by atoms with Gasteiger partial charge in [0.15, 0.2) is 0 Å². The molecule has 41 heavy (non-hydrogen) atoms. The summed E-state index contributed by atoms with van der Waals surface area (Å²) in [5, 5.41) is 5.88. The van der Waals surface area contributed by atoms with Crippen molar-refractivity contribution in [2.45, 2.75) is 135 Å². The molecule has 1 aromatic rings. The maximum atomic E-state index is 14.3. The molecule has 1 aliphatic carbocycles. The minimum atomic E-state index is -1.08. The number of unbranched alkanes of at least 4 members (excludes halogenated alkanes) is 4. The SMILES string of the molecule is CCCCCCCN(C(=O)C(CCC(N)=O)NC(=O)OC(C)(C)C)C(C(=O)NC1CCCCC1)c1ccc(C)cc1. The number of hydrogen-bond donors (Lipinski definition) is 3. The van der Waals surface area contributed by atoms with Gasteiger partial charge in [0.1, 0.15) is 17.7 Å². The average molecular weight is 573 g/mol. The average Bonchev–Trinajstić information content (AvgIpc) is 2.90. The quantitative estimate of drug-likeness (QED) is 0.241. The lowest BCUT2D eigenvalue weighted by atomic mass is 9.94. The maximum absolute atomic E-state index is 14.3. The minimum absolute atomic E-state index is 0.00457. The summed E-state index contributed by atoms with van der Waals surface area (Å²) in [5.74, 6) is -1.24. The first kappa shape index (κ1) is 34.1. The second-order valence-corrected chi connectivity index (χ2v) is 12.3. The predicted octanol–water partition coefficient (Wildman–Crippen LogP) is 5.44. The molecule has 0 saturated heterocycles. The molecule has 4 amide bonds. The smallest absolute Gasteiger partial charge is 0.408 e. The minimum Gasteiger partial charge on any atom is -0.444 e. The lowest BCUT2D eigenvalue weighted by Crippen LogP contribution is -2.54. The first-order valence-corrected chi connectivity index (χ1v) is 15.4. The van der Waals surface area contributed by atoms with E-state index in [1.165, 1.54) is 0 Å². The first-order valence-electron chi connectivity index (χ1n) is 15.4. The number of amides is 4. The molecule has 0 aliphatic heterocycles. The fourth-order valence-corrected chi connectivity index (χ4v) is 5.19. The molecule has 4 N–H and O–H groups in total. The lowest BCUT2D eigenvalue weighted by molar-refractivity contribution is -0.143. The number of nitrogens with zero attached hydrogens (tertiary/aromatic N) is 1. The highest BCUT2D eigenvalue weighted by atomic mass is 16.6. The van der Waals surface area contributed by atoms with Crippen LogP contribution in [0.25, 0.3) is 0 Å². The van der Waals surface area contributed by atoms with Crippen molar-refractivity contribution < 1.29 is 23.9 Å². The Labute approximate surface area is 246 Å². The lowest BCUT2D eigenvalue weighted by Gasteiger charge is -2.36. The number of nitrogens with one attached hydrogen (secondary N) is 2. The van der Waals surface area contributed by atoms with Crippen LogP contribution in [0.2, 0.25) is 0 Å². The van der Waals surface area contributed by atoms with Crippen LogP contribution >= 0.6 is 0 Å². The zero-order valence-electron chi connectivity index (χ0n) is 25.8. The normalized spacial score (nSPS) is 15.4. The van der Waals surface area contributed by atoms with Crippen LogP contribution in [0.15, 0.2) is 24.3 Å². The van der Waals surface area contributed by atoms with E-state index in [0.29, 0.717) is 18.5 Å². The molecular formula is C32H52N4O5. The Bertz CT molecular complexity index is 983. The number of benzene rings is 1. The second-order valence-electron chi connectivity index (χ2n) is 12.3. The third-order valence-electron chi connectivity index (χ3n) is 7.36. The number of primary amides is 1. The molecule has 0 aromatic heterocycles. The highest BCUT2D eigenvalue weighted by Crippen LogP contribution is 2.26. The third-order valence-corrected chi connectivity index (χ3v) is 7.36. The summed E-state index contributed by atoms with van der Waals surface area (Å²) in [7, 11) is 0. The summed E-state index contributed by atoms with van der Waals surface area (Å²) in [6.07, 6.45) is 9.10. The summed E-state index contributed by atoms with van der Waals surface area (Å²) in [5.41, 5.74) is 6.40. The van der Waals surface area contributed by atoms with Crippen molar-refractivity contribution in [2.24, 2.45) is 5.73 Å². The first-order chi connectivity index (χ1) is 19.4. The van der Waals surface area contributed by atoms with Gasteiger partial charge in [-0.25, -0.2) is 4.79 Å². The molecule has 2 rings (SSSR count).